The van der Waals surface area contributed by atoms with Crippen LogP contribution < -0.4 is 5.32 Å². The monoisotopic (exact) mass is 307 g/mol. The van der Waals surface area contributed by atoms with Gasteiger partial charge in [-0.15, -0.1) is 11.3 Å². The summed E-state index contributed by atoms with van der Waals surface area (Å²) in [5, 5.41) is 6.27. The van der Waals surface area contributed by atoms with E-state index < -0.39 is 0 Å². The van der Waals surface area contributed by atoms with Gasteiger partial charge in [0.1, 0.15) is 0 Å². The smallest absolute Gasteiger partial charge is 0.0561 e. The number of rotatable bonds is 4. The molecule has 0 aliphatic heterocycles. The summed E-state index contributed by atoms with van der Waals surface area (Å²) in [5.74, 6) is 0. The second-order valence-corrected chi connectivity index (χ2v) is 7.48. The van der Waals surface area contributed by atoms with Crippen LogP contribution in [0.15, 0.2) is 35.7 Å². The molecule has 0 spiro atoms. The van der Waals surface area contributed by atoms with Gasteiger partial charge in [-0.2, -0.15) is 0 Å². The van der Waals surface area contributed by atoms with Crippen molar-refractivity contribution in [3.63, 3.8) is 0 Å². The first-order chi connectivity index (χ1) is 9.41. The lowest BCUT2D eigenvalue weighted by molar-refractivity contribution is 0.586. The molecule has 0 bridgehead atoms. The van der Waals surface area contributed by atoms with Gasteiger partial charge >= 0.3 is 0 Å². The number of nitrogens with one attached hydrogen (secondary N) is 1. The van der Waals surface area contributed by atoms with Crippen LogP contribution in [0, 0.1) is 0 Å². The molecule has 0 aliphatic rings. The fraction of sp³-hybridized carbons (Fsp3) is 0.412. The van der Waals surface area contributed by atoms with Crippen LogP contribution in [0.2, 0.25) is 5.02 Å². The molecule has 1 atom stereocenters. The molecular weight excluding hydrogens is 286 g/mol. The Bertz CT molecular complexity index is 551. The van der Waals surface area contributed by atoms with Crippen LogP contribution in [0.1, 0.15) is 42.8 Å². The van der Waals surface area contributed by atoms with Crippen molar-refractivity contribution in [2.45, 2.75) is 38.6 Å². The van der Waals surface area contributed by atoms with E-state index in [0.29, 0.717) is 0 Å². The summed E-state index contributed by atoms with van der Waals surface area (Å²) in [5.41, 5.74) is 2.91. The van der Waals surface area contributed by atoms with Gasteiger partial charge in [0.25, 0.3) is 0 Å². The van der Waals surface area contributed by atoms with Gasteiger partial charge in [0, 0.05) is 10.9 Å². The van der Waals surface area contributed by atoms with Gasteiger partial charge in [0.05, 0.1) is 5.02 Å². The molecule has 0 radical (unpaired) electrons. The molecule has 108 valence electrons. The fourth-order valence-electron chi connectivity index (χ4n) is 2.26. The summed E-state index contributed by atoms with van der Waals surface area (Å²) < 4.78 is 0. The van der Waals surface area contributed by atoms with Crippen LogP contribution in [-0.2, 0) is 11.8 Å². The summed E-state index contributed by atoms with van der Waals surface area (Å²) >= 11 is 7.95. The zero-order valence-electron chi connectivity index (χ0n) is 12.5. The first-order valence-corrected chi connectivity index (χ1v) is 8.17. The van der Waals surface area contributed by atoms with Crippen LogP contribution in [0.3, 0.4) is 0 Å². The minimum absolute atomic E-state index is 0.206. The van der Waals surface area contributed by atoms with Gasteiger partial charge in [-0.1, -0.05) is 56.6 Å². The highest BCUT2D eigenvalue weighted by Gasteiger charge is 2.16. The summed E-state index contributed by atoms with van der Waals surface area (Å²) in [6.07, 6.45) is 0.959. The number of benzene rings is 1. The third-order valence-corrected chi connectivity index (χ3v) is 5.04. The lowest BCUT2D eigenvalue weighted by Crippen LogP contribution is -2.18. The zero-order valence-corrected chi connectivity index (χ0v) is 14.1. The number of hydrogen-bond donors (Lipinski definition) is 1. The minimum atomic E-state index is 0.206. The van der Waals surface area contributed by atoms with E-state index in [9.17, 15) is 0 Å². The Morgan fingerprint density at radius 3 is 2.25 bits per heavy atom. The third-order valence-electron chi connectivity index (χ3n) is 3.57. The maximum Gasteiger partial charge on any atom is 0.0561 e. The molecule has 0 aliphatic carbocycles. The van der Waals surface area contributed by atoms with Crippen LogP contribution in [-0.4, -0.2) is 7.05 Å². The fourth-order valence-corrected chi connectivity index (χ4v) is 3.56. The Morgan fingerprint density at radius 2 is 1.80 bits per heavy atom. The van der Waals surface area contributed by atoms with E-state index in [2.05, 4.69) is 50.4 Å². The normalized spacial score (nSPS) is 13.4. The Kier molecular flexibility index (Phi) is 4.90. The van der Waals surface area contributed by atoms with Crippen molar-refractivity contribution in [3.8, 4) is 0 Å². The van der Waals surface area contributed by atoms with E-state index in [1.807, 2.05) is 18.5 Å². The van der Waals surface area contributed by atoms with E-state index in [4.69, 9.17) is 11.6 Å². The molecule has 1 aromatic carbocycles. The van der Waals surface area contributed by atoms with Crippen LogP contribution >= 0.6 is 22.9 Å². The topological polar surface area (TPSA) is 12.0 Å². The van der Waals surface area contributed by atoms with Crippen LogP contribution in [0.5, 0.6) is 0 Å². The van der Waals surface area contributed by atoms with E-state index >= 15 is 0 Å². The quantitative estimate of drug-likeness (QED) is 0.818. The number of hydrogen-bond acceptors (Lipinski definition) is 2. The minimum Gasteiger partial charge on any atom is -0.312 e. The number of thiophene rings is 1. The molecule has 0 fully saturated rings. The summed E-state index contributed by atoms with van der Waals surface area (Å²) in [6, 6.07) is 11.2. The van der Waals surface area contributed by atoms with E-state index in [1.165, 1.54) is 16.0 Å². The second kappa shape index (κ2) is 6.30. The predicted molar refractivity (Wildman–Crippen MR) is 90.0 cm³/mol. The Labute approximate surface area is 131 Å². The first kappa shape index (κ1) is 15.6. The van der Waals surface area contributed by atoms with Crippen LogP contribution in [0.4, 0.5) is 0 Å². The highest BCUT2D eigenvalue weighted by Crippen LogP contribution is 2.31. The van der Waals surface area contributed by atoms with Crippen molar-refractivity contribution in [2.24, 2.45) is 0 Å². The standard InChI is InChI=1S/C17H22ClNS/c1-17(2,3)13-7-5-12(6-8-13)11-15(19-4)16-14(18)9-10-20-16/h5-10,15,19H,11H2,1-4H3. The Balaban J connectivity index is 2.15. The molecule has 0 saturated carbocycles. The molecule has 2 aromatic rings. The second-order valence-electron chi connectivity index (χ2n) is 6.13. The van der Waals surface area contributed by atoms with Gasteiger partial charge in [-0.25, -0.2) is 0 Å². The molecule has 3 heteroatoms. The molecule has 0 amide bonds. The van der Waals surface area contributed by atoms with E-state index in [0.717, 1.165) is 11.4 Å². The van der Waals surface area contributed by atoms with Gasteiger partial charge in [-0.3, -0.25) is 0 Å². The van der Waals surface area contributed by atoms with Crippen molar-refractivity contribution in [2.75, 3.05) is 7.05 Å². The molecule has 1 N–H and O–H groups in total. The van der Waals surface area contributed by atoms with Crippen molar-refractivity contribution in [1.82, 2.24) is 5.32 Å². The average Bonchev–Trinajstić information content (AvgIpc) is 2.82. The van der Waals surface area contributed by atoms with Crippen molar-refractivity contribution >= 4 is 22.9 Å². The lowest BCUT2D eigenvalue weighted by atomic mass is 9.86. The lowest BCUT2D eigenvalue weighted by Gasteiger charge is -2.20. The van der Waals surface area contributed by atoms with Crippen molar-refractivity contribution < 1.29 is 0 Å². The molecule has 1 unspecified atom stereocenters. The Morgan fingerprint density at radius 1 is 1.15 bits per heavy atom. The maximum absolute atomic E-state index is 6.24. The predicted octanol–water partition coefficient (Wildman–Crippen LogP) is 5.20. The van der Waals surface area contributed by atoms with Crippen molar-refractivity contribution in [3.05, 3.63) is 56.7 Å². The highest BCUT2D eigenvalue weighted by molar-refractivity contribution is 7.10. The maximum atomic E-state index is 6.24. The van der Waals surface area contributed by atoms with Gasteiger partial charge in [0.15, 0.2) is 0 Å². The molecule has 1 aromatic heterocycles. The largest absolute Gasteiger partial charge is 0.312 e. The molecule has 20 heavy (non-hydrogen) atoms. The van der Waals surface area contributed by atoms with Gasteiger partial charge < -0.3 is 5.32 Å². The van der Waals surface area contributed by atoms with Crippen molar-refractivity contribution in [1.29, 1.82) is 0 Å². The molecule has 0 saturated heterocycles. The van der Waals surface area contributed by atoms with E-state index in [-0.39, 0.29) is 11.5 Å². The molecular formula is C17H22ClNS. The molecule has 2 rings (SSSR count). The van der Waals surface area contributed by atoms with Crippen LogP contribution in [0.25, 0.3) is 0 Å². The molecule has 1 heterocycles. The SMILES string of the molecule is CNC(Cc1ccc(C(C)(C)C)cc1)c1sccc1Cl. The number of halogens is 1. The molecule has 1 nitrogen and oxygen atoms in total. The Hall–Kier alpha value is -0.830. The average molecular weight is 308 g/mol. The third kappa shape index (κ3) is 3.63. The summed E-state index contributed by atoms with van der Waals surface area (Å²) in [7, 11) is 1.99. The zero-order chi connectivity index (χ0) is 14.8. The van der Waals surface area contributed by atoms with E-state index in [1.54, 1.807) is 11.3 Å². The number of likely N-dealkylation sites (N-methyl/N-ethyl adjacent to an activating group) is 1. The first-order valence-electron chi connectivity index (χ1n) is 6.91. The van der Waals surface area contributed by atoms with Gasteiger partial charge in [-0.05, 0) is 41.5 Å². The highest BCUT2D eigenvalue weighted by atomic mass is 35.5. The van der Waals surface area contributed by atoms with Gasteiger partial charge in [0.2, 0.25) is 0 Å². The summed E-state index contributed by atoms with van der Waals surface area (Å²) in [4.78, 5) is 1.22. The summed E-state index contributed by atoms with van der Waals surface area (Å²) in [6.45, 7) is 6.72.